The van der Waals surface area contributed by atoms with E-state index in [1.807, 2.05) is 4.57 Å². The molecule has 2 aliphatic rings. The highest BCUT2D eigenvalue weighted by molar-refractivity contribution is 7.90. The number of sulfone groups is 1. The fourth-order valence-corrected chi connectivity index (χ4v) is 2.63. The van der Waals surface area contributed by atoms with Crippen LogP contribution >= 0.6 is 0 Å². The summed E-state index contributed by atoms with van der Waals surface area (Å²) < 4.78 is 24.9. The smallest absolute Gasteiger partial charge is 0.249 e. The second-order valence-electron chi connectivity index (χ2n) is 4.49. The third kappa shape index (κ3) is 1.56. The lowest BCUT2D eigenvalue weighted by Gasteiger charge is -2.06. The summed E-state index contributed by atoms with van der Waals surface area (Å²) in [5.41, 5.74) is 0. The summed E-state index contributed by atoms with van der Waals surface area (Å²) in [4.78, 5) is 0. The molecule has 0 unspecified atom stereocenters. The van der Waals surface area contributed by atoms with E-state index < -0.39 is 9.84 Å². The van der Waals surface area contributed by atoms with Crippen molar-refractivity contribution in [2.75, 3.05) is 6.26 Å². The van der Waals surface area contributed by atoms with E-state index in [9.17, 15) is 8.42 Å². The number of rotatable bonds is 3. The van der Waals surface area contributed by atoms with Gasteiger partial charge in [-0.3, -0.25) is 4.57 Å². The predicted molar refractivity (Wildman–Crippen MR) is 53.4 cm³/mol. The number of nitrogens with zero attached hydrogens (tertiary/aromatic N) is 3. The van der Waals surface area contributed by atoms with Crippen LogP contribution in [-0.4, -0.2) is 29.4 Å². The minimum Gasteiger partial charge on any atom is -0.299 e. The van der Waals surface area contributed by atoms with Crippen LogP contribution < -0.4 is 0 Å². The summed E-state index contributed by atoms with van der Waals surface area (Å²) in [5.74, 6) is 1.34. The van der Waals surface area contributed by atoms with Crippen LogP contribution in [0.3, 0.4) is 0 Å². The van der Waals surface area contributed by atoms with Crippen LogP contribution in [0.1, 0.15) is 43.5 Å². The van der Waals surface area contributed by atoms with E-state index in [0.29, 0.717) is 12.0 Å². The Morgan fingerprint density at radius 3 is 2.33 bits per heavy atom. The molecule has 0 aromatic carbocycles. The average molecular weight is 227 g/mol. The maximum Gasteiger partial charge on any atom is 0.249 e. The Labute approximate surface area is 88.4 Å². The summed E-state index contributed by atoms with van der Waals surface area (Å²) in [6, 6.07) is 0.334. The molecule has 1 aromatic heterocycles. The van der Waals surface area contributed by atoms with Crippen molar-refractivity contribution < 1.29 is 8.42 Å². The van der Waals surface area contributed by atoms with Gasteiger partial charge in [-0.2, -0.15) is 0 Å². The number of hydrogen-bond donors (Lipinski definition) is 0. The Morgan fingerprint density at radius 1 is 1.20 bits per heavy atom. The lowest BCUT2D eigenvalue weighted by atomic mass is 10.4. The second kappa shape index (κ2) is 2.81. The van der Waals surface area contributed by atoms with Crippen LogP contribution in [0.2, 0.25) is 0 Å². The van der Waals surface area contributed by atoms with Gasteiger partial charge in [0.25, 0.3) is 0 Å². The van der Waals surface area contributed by atoms with Crippen molar-refractivity contribution in [1.29, 1.82) is 0 Å². The van der Waals surface area contributed by atoms with Gasteiger partial charge in [0.2, 0.25) is 15.0 Å². The van der Waals surface area contributed by atoms with Crippen LogP contribution in [0.15, 0.2) is 5.16 Å². The lowest BCUT2D eigenvalue weighted by molar-refractivity contribution is 0.562. The van der Waals surface area contributed by atoms with Crippen LogP contribution in [0, 0.1) is 0 Å². The summed E-state index contributed by atoms with van der Waals surface area (Å²) in [6.45, 7) is 0. The van der Waals surface area contributed by atoms with Gasteiger partial charge in [-0.1, -0.05) is 0 Å². The number of aromatic nitrogens is 3. The zero-order valence-corrected chi connectivity index (χ0v) is 9.37. The molecule has 0 atom stereocenters. The van der Waals surface area contributed by atoms with Crippen molar-refractivity contribution in [3.05, 3.63) is 5.82 Å². The Balaban J connectivity index is 2.14. The molecule has 2 aliphatic carbocycles. The van der Waals surface area contributed by atoms with Gasteiger partial charge in [-0.25, -0.2) is 8.42 Å². The minimum atomic E-state index is -3.23. The molecule has 0 spiro atoms. The average Bonchev–Trinajstić information content (AvgIpc) is 3.02. The van der Waals surface area contributed by atoms with Gasteiger partial charge in [0, 0.05) is 18.2 Å². The molecule has 3 rings (SSSR count). The van der Waals surface area contributed by atoms with Gasteiger partial charge in [0.05, 0.1) is 0 Å². The molecule has 5 nitrogen and oxygen atoms in total. The highest BCUT2D eigenvalue weighted by atomic mass is 32.2. The van der Waals surface area contributed by atoms with Crippen molar-refractivity contribution in [2.24, 2.45) is 0 Å². The zero-order valence-electron chi connectivity index (χ0n) is 8.55. The first kappa shape index (κ1) is 9.33. The molecule has 2 fully saturated rings. The molecule has 15 heavy (non-hydrogen) atoms. The Morgan fingerprint density at radius 2 is 1.87 bits per heavy atom. The van der Waals surface area contributed by atoms with Crippen LogP contribution in [-0.2, 0) is 9.84 Å². The minimum absolute atomic E-state index is 0.159. The standard InChI is InChI=1S/C9H13N3O2S/c1-15(13,14)9-11-10-8(6-2-3-6)12(9)7-4-5-7/h6-7H,2-5H2,1H3. The largest absolute Gasteiger partial charge is 0.299 e. The quantitative estimate of drug-likeness (QED) is 0.769. The monoisotopic (exact) mass is 227 g/mol. The highest BCUT2D eigenvalue weighted by Gasteiger charge is 2.38. The Kier molecular flexibility index (Phi) is 1.75. The maximum absolute atomic E-state index is 11.5. The molecule has 1 aromatic rings. The van der Waals surface area contributed by atoms with Crippen molar-refractivity contribution >= 4 is 9.84 Å². The lowest BCUT2D eigenvalue weighted by Crippen LogP contribution is -2.10. The molecular formula is C9H13N3O2S. The number of hydrogen-bond acceptors (Lipinski definition) is 4. The fraction of sp³-hybridized carbons (Fsp3) is 0.778. The molecule has 6 heteroatoms. The van der Waals surface area contributed by atoms with Gasteiger partial charge < -0.3 is 0 Å². The first-order valence-electron chi connectivity index (χ1n) is 5.22. The molecule has 0 saturated heterocycles. The van der Waals surface area contributed by atoms with E-state index in [4.69, 9.17) is 0 Å². The third-order valence-electron chi connectivity index (χ3n) is 2.88. The van der Waals surface area contributed by atoms with Gasteiger partial charge in [0.1, 0.15) is 5.82 Å². The molecule has 82 valence electrons. The van der Waals surface area contributed by atoms with E-state index in [2.05, 4.69) is 10.2 Å². The zero-order chi connectivity index (χ0) is 10.6. The Hall–Kier alpha value is -0.910. The van der Waals surface area contributed by atoms with E-state index >= 15 is 0 Å². The topological polar surface area (TPSA) is 64.8 Å². The van der Waals surface area contributed by atoms with Gasteiger partial charge in [-0.05, 0) is 25.7 Å². The second-order valence-corrected chi connectivity index (χ2v) is 6.40. The summed E-state index contributed by atoms with van der Waals surface area (Å²) in [5, 5.41) is 8.03. The summed E-state index contributed by atoms with van der Waals surface area (Å²) >= 11 is 0. The van der Waals surface area contributed by atoms with Crippen LogP contribution in [0.4, 0.5) is 0 Å². The summed E-state index contributed by atoms with van der Waals surface area (Å²) in [7, 11) is -3.23. The Bertz CT molecular complexity index is 497. The third-order valence-corrected chi connectivity index (χ3v) is 3.82. The summed E-state index contributed by atoms with van der Waals surface area (Å²) in [6.07, 6.45) is 5.55. The van der Waals surface area contributed by atoms with Gasteiger partial charge in [-0.15, -0.1) is 10.2 Å². The van der Waals surface area contributed by atoms with Gasteiger partial charge >= 0.3 is 0 Å². The van der Waals surface area contributed by atoms with E-state index in [1.54, 1.807) is 0 Å². The van der Waals surface area contributed by atoms with E-state index in [1.165, 1.54) is 6.26 Å². The molecule has 0 N–H and O–H groups in total. The molecule has 0 bridgehead atoms. The first-order chi connectivity index (χ1) is 7.07. The van der Waals surface area contributed by atoms with Gasteiger partial charge in [0.15, 0.2) is 0 Å². The van der Waals surface area contributed by atoms with Crippen molar-refractivity contribution in [2.45, 2.75) is 42.8 Å². The molecule has 1 heterocycles. The SMILES string of the molecule is CS(=O)(=O)c1nnc(C2CC2)n1C1CC1. The molecule has 0 radical (unpaired) electrons. The normalized spacial score (nSPS) is 21.9. The van der Waals surface area contributed by atoms with Crippen molar-refractivity contribution in [3.8, 4) is 0 Å². The van der Waals surface area contributed by atoms with E-state index in [-0.39, 0.29) is 5.16 Å². The molecule has 2 saturated carbocycles. The molecular weight excluding hydrogens is 214 g/mol. The van der Waals surface area contributed by atoms with Crippen molar-refractivity contribution in [1.82, 2.24) is 14.8 Å². The fourth-order valence-electron chi connectivity index (χ4n) is 1.84. The first-order valence-corrected chi connectivity index (χ1v) is 7.11. The predicted octanol–water partition coefficient (Wildman–Crippen LogP) is 0.894. The highest BCUT2D eigenvalue weighted by Crippen LogP contribution is 2.45. The molecule has 0 aliphatic heterocycles. The van der Waals surface area contributed by atoms with Crippen LogP contribution in [0.5, 0.6) is 0 Å². The van der Waals surface area contributed by atoms with Crippen molar-refractivity contribution in [3.63, 3.8) is 0 Å². The molecule has 0 amide bonds. The van der Waals surface area contributed by atoms with E-state index in [0.717, 1.165) is 31.5 Å². The van der Waals surface area contributed by atoms with Crippen LogP contribution in [0.25, 0.3) is 0 Å². The maximum atomic E-state index is 11.5.